The summed E-state index contributed by atoms with van der Waals surface area (Å²) >= 11 is 0. The molecule has 0 amide bonds. The summed E-state index contributed by atoms with van der Waals surface area (Å²) < 4.78 is 78.2. The van der Waals surface area contributed by atoms with Crippen LogP contribution in [0.15, 0.2) is 60.4 Å². The summed E-state index contributed by atoms with van der Waals surface area (Å²) in [6.45, 7) is 3.96. The van der Waals surface area contributed by atoms with Gasteiger partial charge in [-0.3, -0.25) is 0 Å². The smallest absolute Gasteiger partial charge is 0.482 e. The lowest BCUT2D eigenvalue weighted by molar-refractivity contribution is -0.147. The highest BCUT2D eigenvalue weighted by atomic mass is 32.2. The van der Waals surface area contributed by atoms with Crippen LogP contribution in [0.1, 0.15) is 62.1 Å². The molecule has 0 radical (unpaired) electrons. The third kappa shape index (κ3) is 5.03. The Bertz CT molecular complexity index is 1390. The molecule has 1 saturated carbocycles. The molecule has 0 saturated heterocycles. The molecule has 2 aromatic carbocycles. The van der Waals surface area contributed by atoms with Crippen molar-refractivity contribution in [2.24, 2.45) is 16.7 Å². The molecule has 0 aromatic heterocycles. The highest BCUT2D eigenvalue weighted by molar-refractivity contribution is 7.87. The van der Waals surface area contributed by atoms with Crippen LogP contribution in [0.4, 0.5) is 13.2 Å². The standard InChI is InChI=1S/C29H31F3O6S/c1-27-14-12-20-16-21(36-18-26(33)37-17-19-6-4-3-5-7-19)8-9-22(20)23(27)13-15-28(2)24(27)10-11-25(28)38-39(34,35)29(30,31)32/h3-9,11,16,23-24H,10,12-15,17-18H2,1-2H3. The van der Waals surface area contributed by atoms with Crippen molar-refractivity contribution >= 4 is 16.1 Å². The fourth-order valence-electron chi connectivity index (χ4n) is 6.91. The molecule has 4 unspecified atom stereocenters. The van der Waals surface area contributed by atoms with Gasteiger partial charge in [-0.25, -0.2) is 4.79 Å². The summed E-state index contributed by atoms with van der Waals surface area (Å²) in [5, 5.41) is 0. The van der Waals surface area contributed by atoms with E-state index in [1.807, 2.05) is 55.5 Å². The summed E-state index contributed by atoms with van der Waals surface area (Å²) in [6, 6.07) is 15.2. The Labute approximate surface area is 226 Å². The summed E-state index contributed by atoms with van der Waals surface area (Å²) in [5.41, 5.74) is -3.31. The van der Waals surface area contributed by atoms with E-state index in [0.717, 1.165) is 24.0 Å². The van der Waals surface area contributed by atoms with Crippen molar-refractivity contribution in [1.82, 2.24) is 0 Å². The topological polar surface area (TPSA) is 78.9 Å². The molecule has 10 heteroatoms. The average molecular weight is 565 g/mol. The maximum absolute atomic E-state index is 13.0. The van der Waals surface area contributed by atoms with Crippen molar-refractivity contribution in [1.29, 1.82) is 0 Å². The van der Waals surface area contributed by atoms with Crippen molar-refractivity contribution in [3.05, 3.63) is 77.1 Å². The van der Waals surface area contributed by atoms with Gasteiger partial charge in [0.15, 0.2) is 6.61 Å². The number of alkyl halides is 3. The quantitative estimate of drug-likeness (QED) is 0.220. The van der Waals surface area contributed by atoms with Gasteiger partial charge in [-0.2, -0.15) is 21.6 Å². The number of benzene rings is 2. The third-order valence-electron chi connectivity index (χ3n) is 8.92. The van der Waals surface area contributed by atoms with Gasteiger partial charge in [-0.15, -0.1) is 0 Å². The van der Waals surface area contributed by atoms with E-state index >= 15 is 0 Å². The first-order valence-electron chi connectivity index (χ1n) is 13.0. The normalized spacial score (nSPS) is 28.0. The van der Waals surface area contributed by atoms with Crippen molar-refractivity contribution in [2.45, 2.75) is 64.0 Å². The molecular weight excluding hydrogens is 533 g/mol. The first-order chi connectivity index (χ1) is 18.3. The molecule has 4 atom stereocenters. The second kappa shape index (κ2) is 9.87. The highest BCUT2D eigenvalue weighted by Crippen LogP contribution is 2.67. The average Bonchev–Trinajstić information content (AvgIpc) is 3.22. The summed E-state index contributed by atoms with van der Waals surface area (Å²) in [6.07, 6.45) is 4.73. The molecule has 0 heterocycles. The van der Waals surface area contributed by atoms with E-state index in [-0.39, 0.29) is 36.2 Å². The number of hydrogen-bond donors (Lipinski definition) is 0. The second-order valence-corrected chi connectivity index (χ2v) is 12.7. The number of halogens is 3. The second-order valence-electron chi connectivity index (χ2n) is 11.1. The Morgan fingerprint density at radius 3 is 2.54 bits per heavy atom. The van der Waals surface area contributed by atoms with Gasteiger partial charge in [0, 0.05) is 5.41 Å². The molecule has 39 heavy (non-hydrogen) atoms. The minimum atomic E-state index is -5.72. The Kier molecular flexibility index (Phi) is 6.97. The molecule has 5 rings (SSSR count). The number of hydrogen-bond acceptors (Lipinski definition) is 6. The first kappa shape index (κ1) is 27.6. The van der Waals surface area contributed by atoms with Crippen LogP contribution in [0.3, 0.4) is 0 Å². The predicted octanol–water partition coefficient (Wildman–Crippen LogP) is 6.42. The zero-order valence-electron chi connectivity index (χ0n) is 21.8. The van der Waals surface area contributed by atoms with E-state index in [9.17, 15) is 26.4 Å². The number of carbonyl (C=O) groups is 1. The van der Waals surface area contributed by atoms with Gasteiger partial charge >= 0.3 is 21.6 Å². The van der Waals surface area contributed by atoms with Crippen molar-refractivity contribution in [3.8, 4) is 5.75 Å². The van der Waals surface area contributed by atoms with Gasteiger partial charge < -0.3 is 13.7 Å². The molecule has 210 valence electrons. The van der Waals surface area contributed by atoms with Crippen LogP contribution in [-0.4, -0.2) is 26.5 Å². The van der Waals surface area contributed by atoms with E-state index in [4.69, 9.17) is 9.47 Å². The lowest BCUT2D eigenvalue weighted by Gasteiger charge is -2.56. The van der Waals surface area contributed by atoms with Crippen LogP contribution in [0, 0.1) is 16.7 Å². The van der Waals surface area contributed by atoms with Gasteiger partial charge in [0.25, 0.3) is 0 Å². The molecule has 1 fully saturated rings. The van der Waals surface area contributed by atoms with Crippen LogP contribution in [0.5, 0.6) is 5.75 Å². The van der Waals surface area contributed by atoms with E-state index in [1.165, 1.54) is 11.6 Å². The molecule has 2 aromatic rings. The first-order valence-corrected chi connectivity index (χ1v) is 14.4. The molecule has 0 N–H and O–H groups in total. The predicted molar refractivity (Wildman–Crippen MR) is 137 cm³/mol. The summed E-state index contributed by atoms with van der Waals surface area (Å²) in [7, 11) is -5.72. The molecule has 6 nitrogen and oxygen atoms in total. The van der Waals surface area contributed by atoms with Gasteiger partial charge in [0.1, 0.15) is 18.1 Å². The molecule has 0 bridgehead atoms. The van der Waals surface area contributed by atoms with Gasteiger partial charge in [0.2, 0.25) is 0 Å². The fourth-order valence-corrected chi connectivity index (χ4v) is 7.50. The van der Waals surface area contributed by atoms with E-state index in [2.05, 4.69) is 11.1 Å². The van der Waals surface area contributed by atoms with Crippen LogP contribution in [0.2, 0.25) is 0 Å². The zero-order chi connectivity index (χ0) is 28.1. The van der Waals surface area contributed by atoms with Crippen LogP contribution < -0.4 is 4.74 Å². The molecule has 3 aliphatic rings. The van der Waals surface area contributed by atoms with E-state index < -0.39 is 27.0 Å². The third-order valence-corrected chi connectivity index (χ3v) is 9.89. The maximum Gasteiger partial charge on any atom is 0.534 e. The zero-order valence-corrected chi connectivity index (χ0v) is 22.6. The SMILES string of the molecule is CC12CCC3c4ccc(OCC(=O)OCc5ccccc5)cc4CCC3(C)C1CC=C2OS(=O)(=O)C(F)(F)F. The number of rotatable bonds is 7. The van der Waals surface area contributed by atoms with Gasteiger partial charge in [-0.1, -0.05) is 50.2 Å². The number of ether oxygens (including phenoxy) is 2. The molecule has 3 aliphatic carbocycles. The Balaban J connectivity index is 1.25. The molecular formula is C29H31F3O6S. The number of fused-ring (bicyclic) bond motifs is 5. The number of carbonyl (C=O) groups excluding carboxylic acids is 1. The summed E-state index contributed by atoms with van der Waals surface area (Å²) in [5.74, 6) is 0.139. The molecule has 0 spiro atoms. The number of aryl methyl sites for hydroxylation is 1. The largest absolute Gasteiger partial charge is 0.534 e. The van der Waals surface area contributed by atoms with E-state index in [0.29, 0.717) is 25.0 Å². The summed E-state index contributed by atoms with van der Waals surface area (Å²) in [4.78, 5) is 12.2. The highest BCUT2D eigenvalue weighted by Gasteiger charge is 2.60. The Morgan fingerprint density at radius 2 is 1.82 bits per heavy atom. The molecule has 0 aliphatic heterocycles. The van der Waals surface area contributed by atoms with Crippen molar-refractivity contribution < 1.29 is 40.0 Å². The van der Waals surface area contributed by atoms with E-state index in [1.54, 1.807) is 0 Å². The lowest BCUT2D eigenvalue weighted by atomic mass is 9.48. The Hall–Kier alpha value is -3.01. The number of esters is 1. The van der Waals surface area contributed by atoms with Crippen LogP contribution >= 0.6 is 0 Å². The fraction of sp³-hybridized carbons (Fsp3) is 0.483. The van der Waals surface area contributed by atoms with Crippen molar-refractivity contribution in [3.63, 3.8) is 0 Å². The number of allylic oxidation sites excluding steroid dienone is 2. The monoisotopic (exact) mass is 564 g/mol. The maximum atomic E-state index is 13.0. The van der Waals surface area contributed by atoms with Crippen LogP contribution in [0.25, 0.3) is 0 Å². The van der Waals surface area contributed by atoms with Crippen LogP contribution in [-0.2, 0) is 36.9 Å². The van der Waals surface area contributed by atoms with Crippen molar-refractivity contribution in [2.75, 3.05) is 6.61 Å². The lowest BCUT2D eigenvalue weighted by Crippen LogP contribution is -2.48. The van der Waals surface area contributed by atoms with Gasteiger partial charge in [0.05, 0.1) is 0 Å². The minimum Gasteiger partial charge on any atom is -0.482 e. The Morgan fingerprint density at radius 1 is 1.08 bits per heavy atom. The van der Waals surface area contributed by atoms with Gasteiger partial charge in [-0.05, 0) is 84.3 Å². The minimum absolute atomic E-state index is 0.0503.